The SMILES string of the molecule is C/C=C\N(C1CO1)C1CC1CC. The lowest BCUT2D eigenvalue weighted by Crippen LogP contribution is -2.24. The summed E-state index contributed by atoms with van der Waals surface area (Å²) in [7, 11) is 0. The molecule has 3 atom stereocenters. The Kier molecular flexibility index (Phi) is 2.09. The average Bonchev–Trinajstić information content (AvgIpc) is 2.94. The van der Waals surface area contributed by atoms with Crippen LogP contribution in [0.15, 0.2) is 12.3 Å². The van der Waals surface area contributed by atoms with E-state index in [1.807, 2.05) is 0 Å². The van der Waals surface area contributed by atoms with Gasteiger partial charge in [-0.3, -0.25) is 0 Å². The number of hydrogen-bond donors (Lipinski definition) is 0. The molecule has 0 amide bonds. The quantitative estimate of drug-likeness (QED) is 0.595. The Bertz CT molecular complexity index is 186. The van der Waals surface area contributed by atoms with Gasteiger partial charge in [-0.25, -0.2) is 0 Å². The van der Waals surface area contributed by atoms with Gasteiger partial charge in [0.2, 0.25) is 0 Å². The summed E-state index contributed by atoms with van der Waals surface area (Å²) in [6, 6.07) is 0.777. The molecule has 0 bridgehead atoms. The second kappa shape index (κ2) is 3.09. The molecule has 2 aliphatic rings. The van der Waals surface area contributed by atoms with Crippen molar-refractivity contribution < 1.29 is 4.74 Å². The number of hydrogen-bond acceptors (Lipinski definition) is 2. The second-order valence-electron chi connectivity index (χ2n) is 3.69. The molecule has 3 unspecified atom stereocenters. The summed E-state index contributed by atoms with van der Waals surface area (Å²) in [5.74, 6) is 0.922. The minimum absolute atomic E-state index is 0.405. The predicted molar refractivity (Wildman–Crippen MR) is 48.6 cm³/mol. The highest BCUT2D eigenvalue weighted by Crippen LogP contribution is 2.41. The van der Waals surface area contributed by atoms with Crippen molar-refractivity contribution in [1.29, 1.82) is 0 Å². The molecule has 0 aromatic carbocycles. The fourth-order valence-electron chi connectivity index (χ4n) is 1.84. The molecular formula is C10H17NO. The minimum atomic E-state index is 0.405. The average molecular weight is 167 g/mol. The van der Waals surface area contributed by atoms with Crippen molar-refractivity contribution >= 4 is 0 Å². The lowest BCUT2D eigenvalue weighted by molar-refractivity contribution is 0.221. The van der Waals surface area contributed by atoms with E-state index < -0.39 is 0 Å². The van der Waals surface area contributed by atoms with Crippen molar-refractivity contribution in [3.8, 4) is 0 Å². The maximum absolute atomic E-state index is 5.29. The Balaban J connectivity index is 1.89. The summed E-state index contributed by atoms with van der Waals surface area (Å²) >= 11 is 0. The van der Waals surface area contributed by atoms with Gasteiger partial charge in [0.1, 0.15) is 0 Å². The van der Waals surface area contributed by atoms with Crippen molar-refractivity contribution in [2.24, 2.45) is 5.92 Å². The van der Waals surface area contributed by atoms with Crippen LogP contribution in [0.2, 0.25) is 0 Å². The topological polar surface area (TPSA) is 15.8 Å². The molecule has 0 radical (unpaired) electrons. The largest absolute Gasteiger partial charge is 0.351 e. The fourth-order valence-corrected chi connectivity index (χ4v) is 1.84. The van der Waals surface area contributed by atoms with Gasteiger partial charge < -0.3 is 9.64 Å². The van der Waals surface area contributed by atoms with Gasteiger partial charge in [0, 0.05) is 6.04 Å². The van der Waals surface area contributed by atoms with Gasteiger partial charge in [-0.1, -0.05) is 19.4 Å². The monoisotopic (exact) mass is 167 g/mol. The van der Waals surface area contributed by atoms with Gasteiger partial charge in [0.25, 0.3) is 0 Å². The standard InChI is InChI=1S/C10H17NO/c1-3-5-11(10-7-12-10)9-6-8(9)4-2/h3,5,8-10H,4,6-7H2,1-2H3/b5-3-. The summed E-state index contributed by atoms with van der Waals surface area (Å²) in [5, 5.41) is 0. The van der Waals surface area contributed by atoms with E-state index >= 15 is 0 Å². The van der Waals surface area contributed by atoms with Crippen LogP contribution in [-0.2, 0) is 4.74 Å². The highest BCUT2D eigenvalue weighted by Gasteiger charge is 2.45. The number of nitrogens with zero attached hydrogens (tertiary/aromatic N) is 1. The Labute approximate surface area is 74.2 Å². The first-order valence-electron chi connectivity index (χ1n) is 4.88. The van der Waals surface area contributed by atoms with Crippen LogP contribution in [0.3, 0.4) is 0 Å². The van der Waals surface area contributed by atoms with Gasteiger partial charge in [-0.15, -0.1) is 0 Å². The zero-order chi connectivity index (χ0) is 8.55. The number of allylic oxidation sites excluding steroid dienone is 1. The van der Waals surface area contributed by atoms with Crippen LogP contribution in [-0.4, -0.2) is 23.8 Å². The molecule has 0 spiro atoms. The van der Waals surface area contributed by atoms with Crippen molar-refractivity contribution in [2.45, 2.75) is 39.0 Å². The highest BCUT2D eigenvalue weighted by molar-refractivity contribution is 5.01. The Morgan fingerprint density at radius 3 is 2.75 bits per heavy atom. The zero-order valence-electron chi connectivity index (χ0n) is 7.86. The van der Waals surface area contributed by atoms with Crippen molar-refractivity contribution in [3.05, 3.63) is 12.3 Å². The van der Waals surface area contributed by atoms with Crippen molar-refractivity contribution in [2.75, 3.05) is 6.61 Å². The van der Waals surface area contributed by atoms with Crippen molar-refractivity contribution in [1.82, 2.24) is 4.90 Å². The van der Waals surface area contributed by atoms with Crippen molar-refractivity contribution in [3.63, 3.8) is 0 Å². The van der Waals surface area contributed by atoms with Crippen LogP contribution in [0.5, 0.6) is 0 Å². The van der Waals surface area contributed by atoms with Crippen LogP contribution in [0.1, 0.15) is 26.7 Å². The third-order valence-corrected chi connectivity index (χ3v) is 2.76. The van der Waals surface area contributed by atoms with Gasteiger partial charge in [0.15, 0.2) is 6.23 Å². The van der Waals surface area contributed by atoms with E-state index in [-0.39, 0.29) is 0 Å². The fraction of sp³-hybridized carbons (Fsp3) is 0.800. The smallest absolute Gasteiger partial charge is 0.153 e. The maximum atomic E-state index is 5.29. The molecule has 1 aliphatic heterocycles. The normalized spacial score (nSPS) is 38.7. The lowest BCUT2D eigenvalue weighted by atomic mass is 10.3. The molecule has 0 aromatic rings. The third kappa shape index (κ3) is 1.48. The molecule has 1 aliphatic carbocycles. The molecule has 2 rings (SSSR count). The molecule has 12 heavy (non-hydrogen) atoms. The van der Waals surface area contributed by atoms with E-state index in [9.17, 15) is 0 Å². The molecule has 1 heterocycles. The van der Waals surface area contributed by atoms with Crippen LogP contribution in [0, 0.1) is 5.92 Å². The van der Waals surface area contributed by atoms with Crippen LogP contribution in [0.25, 0.3) is 0 Å². The van der Waals surface area contributed by atoms with Gasteiger partial charge in [-0.05, 0) is 25.5 Å². The Morgan fingerprint density at radius 1 is 1.58 bits per heavy atom. The molecule has 1 saturated carbocycles. The molecule has 2 heteroatoms. The van der Waals surface area contributed by atoms with E-state index in [2.05, 4.69) is 31.0 Å². The van der Waals surface area contributed by atoms with Crippen LogP contribution < -0.4 is 0 Å². The number of ether oxygens (including phenoxy) is 1. The van der Waals surface area contributed by atoms with E-state index in [1.165, 1.54) is 12.8 Å². The van der Waals surface area contributed by atoms with E-state index in [4.69, 9.17) is 4.74 Å². The highest BCUT2D eigenvalue weighted by atomic mass is 16.6. The summed E-state index contributed by atoms with van der Waals surface area (Å²) < 4.78 is 5.29. The Morgan fingerprint density at radius 2 is 2.33 bits per heavy atom. The van der Waals surface area contributed by atoms with E-state index in [1.54, 1.807) is 0 Å². The summed E-state index contributed by atoms with van der Waals surface area (Å²) in [4.78, 5) is 2.38. The minimum Gasteiger partial charge on any atom is -0.351 e. The van der Waals surface area contributed by atoms with Crippen LogP contribution >= 0.6 is 0 Å². The first kappa shape index (κ1) is 8.11. The first-order valence-corrected chi connectivity index (χ1v) is 4.88. The predicted octanol–water partition coefficient (Wildman–Crippen LogP) is 1.98. The summed E-state index contributed by atoms with van der Waals surface area (Å²) in [5.41, 5.74) is 0. The maximum Gasteiger partial charge on any atom is 0.153 e. The number of epoxide rings is 1. The van der Waals surface area contributed by atoms with Crippen LogP contribution in [0.4, 0.5) is 0 Å². The van der Waals surface area contributed by atoms with Gasteiger partial charge >= 0.3 is 0 Å². The molecule has 68 valence electrons. The lowest BCUT2D eigenvalue weighted by Gasteiger charge is -2.17. The summed E-state index contributed by atoms with van der Waals surface area (Å²) in [6.45, 7) is 5.27. The van der Waals surface area contributed by atoms with E-state index in [0.29, 0.717) is 6.23 Å². The molecule has 0 N–H and O–H groups in total. The second-order valence-corrected chi connectivity index (χ2v) is 3.69. The summed E-state index contributed by atoms with van der Waals surface area (Å²) in [6.07, 6.45) is 7.36. The van der Waals surface area contributed by atoms with Gasteiger partial charge in [-0.2, -0.15) is 0 Å². The Hall–Kier alpha value is -0.500. The number of rotatable bonds is 4. The molecular weight excluding hydrogens is 150 g/mol. The molecule has 2 nitrogen and oxygen atoms in total. The molecule has 0 aromatic heterocycles. The molecule has 2 fully saturated rings. The van der Waals surface area contributed by atoms with Gasteiger partial charge in [0.05, 0.1) is 6.61 Å². The van der Waals surface area contributed by atoms with E-state index in [0.717, 1.165) is 18.6 Å². The third-order valence-electron chi connectivity index (χ3n) is 2.76. The molecule has 1 saturated heterocycles. The first-order chi connectivity index (χ1) is 5.86. The zero-order valence-corrected chi connectivity index (χ0v) is 7.86.